The molecule has 0 aliphatic carbocycles. The lowest BCUT2D eigenvalue weighted by atomic mass is 10.2. The monoisotopic (exact) mass is 481 g/mol. The van der Waals surface area contributed by atoms with Crippen molar-refractivity contribution in [1.82, 2.24) is 10.3 Å². The predicted molar refractivity (Wildman–Crippen MR) is 131 cm³/mol. The molecule has 0 saturated carbocycles. The van der Waals surface area contributed by atoms with E-state index in [1.165, 1.54) is 11.3 Å². The lowest BCUT2D eigenvalue weighted by Crippen LogP contribution is -2.28. The third-order valence-electron chi connectivity index (χ3n) is 4.80. The van der Waals surface area contributed by atoms with Crippen LogP contribution in [-0.4, -0.2) is 29.4 Å². The van der Waals surface area contributed by atoms with Gasteiger partial charge in [0.25, 0.3) is 0 Å². The van der Waals surface area contributed by atoms with Gasteiger partial charge in [-0.2, -0.15) is 0 Å². The van der Waals surface area contributed by atoms with Crippen molar-refractivity contribution in [2.24, 2.45) is 0 Å². The number of ether oxygens (including phenoxy) is 2. The van der Waals surface area contributed by atoms with Crippen LogP contribution in [0.25, 0.3) is 0 Å². The van der Waals surface area contributed by atoms with Crippen LogP contribution in [0.2, 0.25) is 0 Å². The maximum absolute atomic E-state index is 12.4. The van der Waals surface area contributed by atoms with Gasteiger partial charge in [-0.3, -0.25) is 15.1 Å². The summed E-state index contributed by atoms with van der Waals surface area (Å²) in [6.45, 7) is 6.06. The van der Waals surface area contributed by atoms with Gasteiger partial charge in [-0.1, -0.05) is 26.0 Å². The summed E-state index contributed by atoms with van der Waals surface area (Å²) < 4.78 is 10.9. The van der Waals surface area contributed by atoms with E-state index in [2.05, 4.69) is 15.6 Å². The lowest BCUT2D eigenvalue weighted by molar-refractivity contribution is 0.0528. The number of urea groups is 1. The van der Waals surface area contributed by atoms with E-state index in [-0.39, 0.29) is 18.9 Å². The molecule has 0 unspecified atom stereocenters. The fourth-order valence-corrected chi connectivity index (χ4v) is 4.00. The highest BCUT2D eigenvalue weighted by atomic mass is 32.1. The number of carbonyl (C=O) groups is 3. The topological polar surface area (TPSA) is 107 Å². The predicted octanol–water partition coefficient (Wildman–Crippen LogP) is 5.59. The molecule has 8 nitrogen and oxygen atoms in total. The van der Waals surface area contributed by atoms with Crippen LogP contribution >= 0.6 is 11.3 Å². The second-order valence-electron chi connectivity index (χ2n) is 7.24. The molecule has 1 aromatic carbocycles. The third kappa shape index (κ3) is 6.64. The van der Waals surface area contributed by atoms with E-state index in [0.717, 1.165) is 16.9 Å². The minimum absolute atomic E-state index is 0.0482. The summed E-state index contributed by atoms with van der Waals surface area (Å²) in [6, 6.07) is 11.9. The van der Waals surface area contributed by atoms with Crippen molar-refractivity contribution >= 4 is 34.1 Å². The van der Waals surface area contributed by atoms with Crippen LogP contribution in [0, 0.1) is 0 Å². The molecule has 178 valence electrons. The summed E-state index contributed by atoms with van der Waals surface area (Å²) in [6.07, 6.45) is 2.67. The molecule has 3 rings (SSSR count). The summed E-state index contributed by atoms with van der Waals surface area (Å²) >= 11 is 1.36. The van der Waals surface area contributed by atoms with Crippen LogP contribution in [0.4, 0.5) is 9.80 Å². The Labute approximate surface area is 202 Å². The molecule has 34 heavy (non-hydrogen) atoms. The van der Waals surface area contributed by atoms with Gasteiger partial charge in [0, 0.05) is 30.1 Å². The molecule has 0 aliphatic heterocycles. The quantitative estimate of drug-likeness (QED) is 0.289. The fraction of sp³-hybridized carbons (Fsp3) is 0.280. The van der Waals surface area contributed by atoms with Gasteiger partial charge < -0.3 is 14.8 Å². The zero-order valence-electron chi connectivity index (χ0n) is 19.3. The second-order valence-corrected chi connectivity index (χ2v) is 8.37. The zero-order valence-corrected chi connectivity index (χ0v) is 20.2. The molecule has 0 fully saturated rings. The van der Waals surface area contributed by atoms with E-state index >= 15 is 0 Å². The molecule has 0 saturated heterocycles. The number of esters is 1. The maximum atomic E-state index is 12.4. The maximum Gasteiger partial charge on any atom is 0.341 e. The fourth-order valence-electron chi connectivity index (χ4n) is 3.02. The number of hydrogen-bond acceptors (Lipinski definition) is 7. The van der Waals surface area contributed by atoms with Gasteiger partial charge in [0.05, 0.1) is 12.2 Å². The number of thiophene rings is 1. The summed E-state index contributed by atoms with van der Waals surface area (Å²) in [7, 11) is 0. The molecular weight excluding hydrogens is 454 g/mol. The van der Waals surface area contributed by atoms with E-state index in [4.69, 9.17) is 9.47 Å². The number of pyridine rings is 1. The van der Waals surface area contributed by atoms with Crippen LogP contribution in [0.15, 0.2) is 48.7 Å². The number of carbonyl (C=O) groups excluding carboxylic acids is 3. The number of rotatable bonds is 10. The zero-order chi connectivity index (χ0) is 24.5. The van der Waals surface area contributed by atoms with E-state index in [1.54, 1.807) is 50.4 Å². The van der Waals surface area contributed by atoms with Crippen molar-refractivity contribution in [3.8, 4) is 11.5 Å². The standard InChI is InChI=1S/C25H27N3O5S/c1-4-19-14-20(24(30)32-6-3)23(34-19)28-25(31)27-15-16-7-9-17(10-8-16)33-18-11-12-26-21(13-18)22(29)5-2/h7-14H,4-6,15H2,1-3H3,(H2,27,28,31). The summed E-state index contributed by atoms with van der Waals surface area (Å²) in [5, 5.41) is 6.00. The van der Waals surface area contributed by atoms with E-state index in [0.29, 0.717) is 34.2 Å². The highest BCUT2D eigenvalue weighted by molar-refractivity contribution is 7.16. The van der Waals surface area contributed by atoms with Gasteiger partial charge in [-0.15, -0.1) is 11.3 Å². The van der Waals surface area contributed by atoms with Crippen LogP contribution in [0.1, 0.15) is 58.5 Å². The number of ketones is 1. The van der Waals surface area contributed by atoms with Crippen molar-refractivity contribution in [3.05, 3.63) is 70.4 Å². The Morgan fingerprint density at radius 1 is 1.00 bits per heavy atom. The molecule has 0 bridgehead atoms. The number of nitrogens with zero attached hydrogens (tertiary/aromatic N) is 1. The van der Waals surface area contributed by atoms with Gasteiger partial charge in [-0.25, -0.2) is 9.59 Å². The number of benzene rings is 1. The molecule has 9 heteroatoms. The Morgan fingerprint density at radius 2 is 1.76 bits per heavy atom. The Kier molecular flexibility index (Phi) is 8.75. The van der Waals surface area contributed by atoms with E-state index in [1.807, 2.05) is 19.1 Å². The van der Waals surface area contributed by atoms with Gasteiger partial charge >= 0.3 is 12.0 Å². The molecule has 2 N–H and O–H groups in total. The van der Waals surface area contributed by atoms with E-state index in [9.17, 15) is 14.4 Å². The first-order valence-electron chi connectivity index (χ1n) is 11.0. The van der Waals surface area contributed by atoms with Crippen LogP contribution in [0.3, 0.4) is 0 Å². The van der Waals surface area contributed by atoms with Crippen LogP contribution in [0.5, 0.6) is 11.5 Å². The number of amides is 2. The molecule has 2 amide bonds. The second kappa shape index (κ2) is 11.9. The van der Waals surface area contributed by atoms with E-state index < -0.39 is 12.0 Å². The first-order valence-corrected chi connectivity index (χ1v) is 11.9. The third-order valence-corrected chi connectivity index (χ3v) is 6.00. The first-order chi connectivity index (χ1) is 16.4. The molecule has 2 heterocycles. The Morgan fingerprint density at radius 3 is 2.44 bits per heavy atom. The minimum Gasteiger partial charge on any atom is -0.462 e. The van der Waals surface area contributed by atoms with Crippen molar-refractivity contribution < 1.29 is 23.9 Å². The SMILES string of the molecule is CCOC(=O)c1cc(CC)sc1NC(=O)NCc1ccc(Oc2ccnc(C(=O)CC)c2)cc1. The number of hydrogen-bond donors (Lipinski definition) is 2. The summed E-state index contributed by atoms with van der Waals surface area (Å²) in [5.74, 6) is 0.619. The number of Topliss-reactive ketones (excluding diaryl/α,β-unsaturated/α-hetero) is 1. The first kappa shape index (κ1) is 24.9. The van der Waals surface area contributed by atoms with Crippen molar-refractivity contribution in [2.45, 2.75) is 40.2 Å². The van der Waals surface area contributed by atoms with Crippen molar-refractivity contribution in [1.29, 1.82) is 0 Å². The summed E-state index contributed by atoms with van der Waals surface area (Å²) in [4.78, 5) is 41.4. The molecular formula is C25H27N3O5S. The highest BCUT2D eigenvalue weighted by Crippen LogP contribution is 2.29. The number of nitrogens with one attached hydrogen (secondary N) is 2. The smallest absolute Gasteiger partial charge is 0.341 e. The van der Waals surface area contributed by atoms with Crippen molar-refractivity contribution in [3.63, 3.8) is 0 Å². The lowest BCUT2D eigenvalue weighted by Gasteiger charge is -2.10. The largest absolute Gasteiger partial charge is 0.462 e. The van der Waals surface area contributed by atoms with Crippen LogP contribution in [-0.2, 0) is 17.7 Å². The van der Waals surface area contributed by atoms with Gasteiger partial charge in [0.2, 0.25) is 0 Å². The normalized spacial score (nSPS) is 10.4. The molecule has 0 atom stereocenters. The molecule has 3 aromatic rings. The van der Waals surface area contributed by atoms with Gasteiger partial charge in [-0.05, 0) is 43.2 Å². The average Bonchev–Trinajstić information content (AvgIpc) is 3.26. The number of aryl methyl sites for hydroxylation is 1. The van der Waals surface area contributed by atoms with Gasteiger partial charge in [0.15, 0.2) is 5.78 Å². The molecule has 2 aromatic heterocycles. The Balaban J connectivity index is 1.57. The Bertz CT molecular complexity index is 1160. The molecule has 0 spiro atoms. The minimum atomic E-state index is -0.454. The van der Waals surface area contributed by atoms with Crippen LogP contribution < -0.4 is 15.4 Å². The number of aromatic nitrogens is 1. The Hall–Kier alpha value is -3.72. The number of anilines is 1. The van der Waals surface area contributed by atoms with Crippen molar-refractivity contribution in [2.75, 3.05) is 11.9 Å². The van der Waals surface area contributed by atoms with Gasteiger partial charge in [0.1, 0.15) is 22.2 Å². The average molecular weight is 482 g/mol. The molecule has 0 radical (unpaired) electrons. The highest BCUT2D eigenvalue weighted by Gasteiger charge is 2.18. The summed E-state index contributed by atoms with van der Waals surface area (Å²) in [5.41, 5.74) is 1.60. The molecule has 0 aliphatic rings.